The van der Waals surface area contributed by atoms with Gasteiger partial charge in [0.2, 0.25) is 0 Å². The van der Waals surface area contributed by atoms with Crippen LogP contribution >= 0.6 is 23.8 Å². The predicted molar refractivity (Wildman–Crippen MR) is 90.2 cm³/mol. The average Bonchev–Trinajstić information content (AvgIpc) is 2.53. The number of carbonyl (C=O) groups is 2. The van der Waals surface area contributed by atoms with Crippen molar-refractivity contribution in [2.45, 2.75) is 0 Å². The topological polar surface area (TPSA) is 90.5 Å². The van der Waals surface area contributed by atoms with E-state index >= 15 is 0 Å². The molecule has 118 valence electrons. The van der Waals surface area contributed by atoms with Gasteiger partial charge in [-0.2, -0.15) is 0 Å². The van der Waals surface area contributed by atoms with Crippen molar-refractivity contribution < 1.29 is 14.7 Å². The number of nitrogens with one attached hydrogen (secondary N) is 3. The first-order chi connectivity index (χ1) is 11.0. The lowest BCUT2D eigenvalue weighted by atomic mass is 10.2. The summed E-state index contributed by atoms with van der Waals surface area (Å²) in [5.74, 6) is -1.28. The molecule has 0 aliphatic heterocycles. The van der Waals surface area contributed by atoms with Crippen LogP contribution in [0.15, 0.2) is 48.5 Å². The van der Waals surface area contributed by atoms with Crippen molar-refractivity contribution in [1.82, 2.24) is 16.2 Å². The van der Waals surface area contributed by atoms with Crippen LogP contribution in [0.25, 0.3) is 0 Å². The molecule has 2 aromatic carbocycles. The number of para-hydroxylation sites is 1. The molecule has 2 aromatic rings. The number of phenols is 1. The minimum absolute atomic E-state index is 0.0697. The molecule has 2 rings (SSSR count). The molecule has 0 unspecified atom stereocenters. The zero-order chi connectivity index (χ0) is 16.8. The van der Waals surface area contributed by atoms with E-state index in [9.17, 15) is 14.7 Å². The first-order valence-electron chi connectivity index (χ1n) is 6.43. The van der Waals surface area contributed by atoms with Gasteiger partial charge < -0.3 is 5.11 Å². The smallest absolute Gasteiger partial charge is 0.273 e. The van der Waals surface area contributed by atoms with E-state index in [4.69, 9.17) is 23.8 Å². The van der Waals surface area contributed by atoms with E-state index in [0.29, 0.717) is 0 Å². The summed E-state index contributed by atoms with van der Waals surface area (Å²) in [7, 11) is 0. The Labute approximate surface area is 142 Å². The van der Waals surface area contributed by atoms with Gasteiger partial charge in [-0.05, 0) is 36.5 Å². The quantitative estimate of drug-likeness (QED) is 0.492. The number of benzene rings is 2. The van der Waals surface area contributed by atoms with E-state index in [-0.39, 0.29) is 27.0 Å². The lowest BCUT2D eigenvalue weighted by Gasteiger charge is -2.11. The Balaban J connectivity index is 1.91. The van der Waals surface area contributed by atoms with Gasteiger partial charge in [-0.15, -0.1) is 0 Å². The summed E-state index contributed by atoms with van der Waals surface area (Å²) in [6.07, 6.45) is 0. The maximum atomic E-state index is 12.0. The molecule has 0 fully saturated rings. The maximum Gasteiger partial charge on any atom is 0.273 e. The van der Waals surface area contributed by atoms with Crippen LogP contribution in [-0.4, -0.2) is 22.0 Å². The second-order valence-electron chi connectivity index (χ2n) is 4.36. The van der Waals surface area contributed by atoms with E-state index in [0.717, 1.165) is 0 Å². The number of phenolic OH excluding ortho intramolecular Hbond substituents is 1. The Morgan fingerprint density at radius 1 is 0.913 bits per heavy atom. The first kappa shape index (κ1) is 16.7. The van der Waals surface area contributed by atoms with Crippen molar-refractivity contribution in [1.29, 1.82) is 0 Å². The number of hydrazine groups is 1. The molecule has 0 atom stereocenters. The zero-order valence-corrected chi connectivity index (χ0v) is 13.2. The van der Waals surface area contributed by atoms with Gasteiger partial charge in [-0.1, -0.05) is 35.9 Å². The Bertz CT molecular complexity index is 767. The van der Waals surface area contributed by atoms with Gasteiger partial charge in [0.15, 0.2) is 5.11 Å². The lowest BCUT2D eigenvalue weighted by molar-refractivity contribution is 0.0932. The molecule has 4 N–H and O–H groups in total. The van der Waals surface area contributed by atoms with Gasteiger partial charge in [0, 0.05) is 0 Å². The van der Waals surface area contributed by atoms with Gasteiger partial charge >= 0.3 is 0 Å². The molecule has 2 amide bonds. The first-order valence-corrected chi connectivity index (χ1v) is 7.22. The summed E-state index contributed by atoms with van der Waals surface area (Å²) in [6.45, 7) is 0. The Kier molecular flexibility index (Phi) is 5.51. The van der Waals surface area contributed by atoms with E-state index < -0.39 is 11.8 Å². The Morgan fingerprint density at radius 3 is 2.17 bits per heavy atom. The third kappa shape index (κ3) is 4.41. The van der Waals surface area contributed by atoms with E-state index in [2.05, 4.69) is 16.2 Å². The lowest BCUT2D eigenvalue weighted by Crippen LogP contribution is -2.48. The van der Waals surface area contributed by atoms with Crippen molar-refractivity contribution in [3.63, 3.8) is 0 Å². The SMILES string of the molecule is O=C(NNC(=S)NC(=O)c1ccccc1Cl)c1ccccc1O. The predicted octanol–water partition coefficient (Wildman–Crippen LogP) is 1.99. The van der Waals surface area contributed by atoms with E-state index in [1.165, 1.54) is 12.1 Å². The van der Waals surface area contributed by atoms with Gasteiger partial charge in [0.25, 0.3) is 11.8 Å². The largest absolute Gasteiger partial charge is 0.507 e. The number of thiocarbonyl (C=S) groups is 1. The van der Waals surface area contributed by atoms with E-state index in [1.807, 2.05) is 0 Å². The summed E-state index contributed by atoms with van der Waals surface area (Å²) in [5.41, 5.74) is 4.97. The molecule has 6 nitrogen and oxygen atoms in total. The molecule has 0 saturated carbocycles. The van der Waals surface area contributed by atoms with Gasteiger partial charge in [-0.3, -0.25) is 25.8 Å². The number of amides is 2. The third-order valence-electron chi connectivity index (χ3n) is 2.78. The molecule has 0 radical (unpaired) electrons. The van der Waals surface area contributed by atoms with Crippen LogP contribution in [0.1, 0.15) is 20.7 Å². The molecule has 0 aliphatic rings. The number of halogens is 1. The second kappa shape index (κ2) is 7.57. The van der Waals surface area contributed by atoms with Crippen LogP contribution in [-0.2, 0) is 0 Å². The highest BCUT2D eigenvalue weighted by molar-refractivity contribution is 7.80. The average molecular weight is 350 g/mol. The fourth-order valence-corrected chi connectivity index (χ4v) is 2.06. The van der Waals surface area contributed by atoms with Crippen LogP contribution in [0.3, 0.4) is 0 Å². The van der Waals surface area contributed by atoms with Crippen molar-refractivity contribution in [2.75, 3.05) is 0 Å². The number of rotatable bonds is 2. The monoisotopic (exact) mass is 349 g/mol. The van der Waals surface area contributed by atoms with Gasteiger partial charge in [-0.25, -0.2) is 0 Å². The number of hydrogen-bond donors (Lipinski definition) is 4. The standard InChI is InChI=1S/C15H12ClN3O3S/c16-11-7-3-1-5-9(11)13(21)17-15(23)19-18-14(22)10-6-2-4-8-12(10)20/h1-8,20H,(H,18,22)(H2,17,19,21,23). The molecule has 0 aliphatic carbocycles. The van der Waals surface area contributed by atoms with Gasteiger partial charge in [0.05, 0.1) is 16.1 Å². The highest BCUT2D eigenvalue weighted by atomic mass is 35.5. The molecule has 0 spiro atoms. The van der Waals surface area contributed by atoms with Crippen LogP contribution in [0.2, 0.25) is 5.02 Å². The maximum absolute atomic E-state index is 12.0. The van der Waals surface area contributed by atoms with Crippen molar-refractivity contribution in [3.05, 3.63) is 64.7 Å². The fourth-order valence-electron chi connectivity index (χ4n) is 1.69. The van der Waals surface area contributed by atoms with Crippen molar-refractivity contribution >= 4 is 40.7 Å². The molecular weight excluding hydrogens is 338 g/mol. The summed E-state index contributed by atoms with van der Waals surface area (Å²) < 4.78 is 0. The Hall–Kier alpha value is -2.64. The molecule has 0 bridgehead atoms. The van der Waals surface area contributed by atoms with Crippen LogP contribution in [0.4, 0.5) is 0 Å². The molecule has 23 heavy (non-hydrogen) atoms. The van der Waals surface area contributed by atoms with Crippen LogP contribution in [0, 0.1) is 0 Å². The summed E-state index contributed by atoms with van der Waals surface area (Å²) in [4.78, 5) is 23.8. The third-order valence-corrected chi connectivity index (χ3v) is 3.32. The number of hydrogen-bond acceptors (Lipinski definition) is 4. The fraction of sp³-hybridized carbons (Fsp3) is 0. The van der Waals surface area contributed by atoms with Gasteiger partial charge in [0.1, 0.15) is 5.75 Å². The minimum atomic E-state index is -0.600. The molecular formula is C15H12ClN3O3S. The van der Waals surface area contributed by atoms with Crippen LogP contribution in [0.5, 0.6) is 5.75 Å². The molecule has 8 heteroatoms. The number of carbonyl (C=O) groups excluding carboxylic acids is 2. The molecule has 0 aromatic heterocycles. The minimum Gasteiger partial charge on any atom is -0.507 e. The zero-order valence-electron chi connectivity index (χ0n) is 11.7. The summed E-state index contributed by atoms with van der Waals surface area (Å²) in [6, 6.07) is 12.5. The number of aromatic hydroxyl groups is 1. The Morgan fingerprint density at radius 2 is 1.52 bits per heavy atom. The normalized spacial score (nSPS) is 9.78. The molecule has 0 heterocycles. The highest BCUT2D eigenvalue weighted by Gasteiger charge is 2.13. The summed E-state index contributed by atoms with van der Waals surface area (Å²) in [5, 5.41) is 12.1. The summed E-state index contributed by atoms with van der Waals surface area (Å²) >= 11 is 10.8. The van der Waals surface area contributed by atoms with Crippen molar-refractivity contribution in [2.24, 2.45) is 0 Å². The van der Waals surface area contributed by atoms with Crippen LogP contribution < -0.4 is 16.2 Å². The second-order valence-corrected chi connectivity index (χ2v) is 5.17. The van der Waals surface area contributed by atoms with Crippen molar-refractivity contribution in [3.8, 4) is 5.75 Å². The highest BCUT2D eigenvalue weighted by Crippen LogP contribution is 2.15. The molecule has 0 saturated heterocycles. The van der Waals surface area contributed by atoms with E-state index in [1.54, 1.807) is 36.4 Å².